The normalized spacial score (nSPS) is 13.8. The predicted octanol–water partition coefficient (Wildman–Crippen LogP) is 2.31. The van der Waals surface area contributed by atoms with E-state index in [2.05, 4.69) is 20.5 Å². The Labute approximate surface area is 116 Å². The van der Waals surface area contributed by atoms with Crippen molar-refractivity contribution in [2.24, 2.45) is 0 Å². The zero-order chi connectivity index (χ0) is 14.5. The van der Waals surface area contributed by atoms with E-state index in [-0.39, 0.29) is 30.1 Å². The topological polar surface area (TPSA) is 70.7 Å². The highest BCUT2D eigenvalue weighted by Gasteiger charge is 2.17. The van der Waals surface area contributed by atoms with Gasteiger partial charge in [0.15, 0.2) is 0 Å². The minimum atomic E-state index is -0.281. The first-order chi connectivity index (χ1) is 9.58. The van der Waals surface area contributed by atoms with Crippen molar-refractivity contribution in [3.05, 3.63) is 47.8 Å². The van der Waals surface area contributed by atoms with Gasteiger partial charge in [-0.2, -0.15) is 5.10 Å². The number of nitrogens with one attached hydrogen (secondary N) is 2. The number of aromatic nitrogens is 3. The molecule has 1 amide bonds. The highest BCUT2D eigenvalue weighted by Crippen LogP contribution is 2.22. The molecule has 1 aromatic heterocycles. The second-order valence-electron chi connectivity index (χ2n) is 4.79. The van der Waals surface area contributed by atoms with E-state index in [9.17, 15) is 9.18 Å². The van der Waals surface area contributed by atoms with Gasteiger partial charge >= 0.3 is 0 Å². The highest BCUT2D eigenvalue weighted by molar-refractivity contribution is 5.77. The largest absolute Gasteiger partial charge is 0.346 e. The number of rotatable bonds is 5. The minimum Gasteiger partial charge on any atom is -0.346 e. The van der Waals surface area contributed by atoms with E-state index in [0.717, 1.165) is 0 Å². The lowest BCUT2D eigenvalue weighted by molar-refractivity contribution is -0.122. The fourth-order valence-electron chi connectivity index (χ4n) is 2.06. The van der Waals surface area contributed by atoms with Crippen LogP contribution < -0.4 is 5.32 Å². The van der Waals surface area contributed by atoms with Crippen molar-refractivity contribution in [1.29, 1.82) is 0 Å². The van der Waals surface area contributed by atoms with Crippen LogP contribution >= 0.6 is 0 Å². The van der Waals surface area contributed by atoms with Crippen molar-refractivity contribution in [1.82, 2.24) is 20.5 Å². The SMILES string of the molecule is C[C@H](CC(=O)N[C@H](C)c1ncn[nH]1)c1ccccc1F. The van der Waals surface area contributed by atoms with Crippen LogP contribution in [0, 0.1) is 5.82 Å². The van der Waals surface area contributed by atoms with Crippen LogP contribution in [-0.4, -0.2) is 21.1 Å². The van der Waals surface area contributed by atoms with Crippen LogP contribution in [0.25, 0.3) is 0 Å². The first-order valence-corrected chi connectivity index (χ1v) is 6.47. The predicted molar refractivity (Wildman–Crippen MR) is 72.4 cm³/mol. The molecular weight excluding hydrogens is 259 g/mol. The molecule has 0 bridgehead atoms. The molecule has 106 valence electrons. The Morgan fingerprint density at radius 3 is 2.80 bits per heavy atom. The van der Waals surface area contributed by atoms with Gasteiger partial charge in [0.1, 0.15) is 18.0 Å². The first-order valence-electron chi connectivity index (χ1n) is 6.47. The van der Waals surface area contributed by atoms with Crippen LogP contribution in [0.15, 0.2) is 30.6 Å². The smallest absolute Gasteiger partial charge is 0.221 e. The third-order valence-electron chi connectivity index (χ3n) is 3.15. The second kappa shape index (κ2) is 6.27. The number of amides is 1. The van der Waals surface area contributed by atoms with Gasteiger partial charge in [0.25, 0.3) is 0 Å². The summed E-state index contributed by atoms with van der Waals surface area (Å²) < 4.78 is 13.6. The Kier molecular flexibility index (Phi) is 4.45. The van der Waals surface area contributed by atoms with E-state index in [0.29, 0.717) is 11.4 Å². The molecule has 0 radical (unpaired) electrons. The van der Waals surface area contributed by atoms with E-state index in [1.807, 2.05) is 13.8 Å². The van der Waals surface area contributed by atoms with Gasteiger partial charge in [0, 0.05) is 6.42 Å². The molecule has 0 saturated carbocycles. The molecule has 5 nitrogen and oxygen atoms in total. The van der Waals surface area contributed by atoms with Crippen molar-refractivity contribution in [2.75, 3.05) is 0 Å². The number of nitrogens with zero attached hydrogens (tertiary/aromatic N) is 2. The van der Waals surface area contributed by atoms with E-state index >= 15 is 0 Å². The molecule has 0 unspecified atom stereocenters. The molecule has 2 atom stereocenters. The highest BCUT2D eigenvalue weighted by atomic mass is 19.1. The molecule has 2 N–H and O–H groups in total. The standard InChI is InChI=1S/C14H17FN4O/c1-9(11-5-3-4-6-12(11)15)7-13(20)18-10(2)14-16-8-17-19-14/h3-6,8-10H,7H2,1-2H3,(H,18,20)(H,16,17,19)/t9-,10-/m1/s1. The van der Waals surface area contributed by atoms with E-state index < -0.39 is 0 Å². The number of hydrogen-bond acceptors (Lipinski definition) is 3. The summed E-state index contributed by atoms with van der Waals surface area (Å²) in [7, 11) is 0. The Bertz CT molecular complexity index is 570. The lowest BCUT2D eigenvalue weighted by atomic mass is 9.97. The molecule has 1 heterocycles. The van der Waals surface area contributed by atoms with Crippen LogP contribution in [0.1, 0.15) is 43.6 Å². The number of carbonyl (C=O) groups is 1. The molecule has 6 heteroatoms. The number of hydrogen-bond donors (Lipinski definition) is 2. The molecule has 20 heavy (non-hydrogen) atoms. The average molecular weight is 276 g/mol. The number of H-pyrrole nitrogens is 1. The van der Waals surface area contributed by atoms with Crippen molar-refractivity contribution in [3.8, 4) is 0 Å². The Morgan fingerprint density at radius 1 is 1.40 bits per heavy atom. The summed E-state index contributed by atoms with van der Waals surface area (Å²) in [4.78, 5) is 15.9. The number of carbonyl (C=O) groups excluding carboxylic acids is 1. The zero-order valence-corrected chi connectivity index (χ0v) is 11.4. The van der Waals surface area contributed by atoms with Gasteiger partial charge in [0.05, 0.1) is 6.04 Å². The molecule has 0 fully saturated rings. The van der Waals surface area contributed by atoms with Gasteiger partial charge in [-0.15, -0.1) is 0 Å². The maximum atomic E-state index is 13.6. The van der Waals surface area contributed by atoms with Gasteiger partial charge in [-0.05, 0) is 24.5 Å². The Balaban J connectivity index is 1.93. The number of benzene rings is 1. The summed E-state index contributed by atoms with van der Waals surface area (Å²) in [6.45, 7) is 3.64. The summed E-state index contributed by atoms with van der Waals surface area (Å²) in [6, 6.07) is 6.26. The fraction of sp³-hybridized carbons (Fsp3) is 0.357. The summed E-state index contributed by atoms with van der Waals surface area (Å²) in [5.41, 5.74) is 0.551. The van der Waals surface area contributed by atoms with Crippen LogP contribution in [0.4, 0.5) is 4.39 Å². The van der Waals surface area contributed by atoms with Gasteiger partial charge in [-0.3, -0.25) is 9.89 Å². The second-order valence-corrected chi connectivity index (χ2v) is 4.79. The minimum absolute atomic E-state index is 0.148. The summed E-state index contributed by atoms with van der Waals surface area (Å²) in [5.74, 6) is -0.0178. The van der Waals surface area contributed by atoms with E-state index in [1.165, 1.54) is 12.4 Å². The molecule has 1 aromatic carbocycles. The lowest BCUT2D eigenvalue weighted by Crippen LogP contribution is -2.28. The van der Waals surface area contributed by atoms with Crippen LogP contribution in [0.5, 0.6) is 0 Å². The van der Waals surface area contributed by atoms with Crippen LogP contribution in [0.3, 0.4) is 0 Å². The summed E-state index contributed by atoms with van der Waals surface area (Å²) >= 11 is 0. The Hall–Kier alpha value is -2.24. The Morgan fingerprint density at radius 2 is 2.15 bits per heavy atom. The number of halogens is 1. The van der Waals surface area contributed by atoms with Gasteiger partial charge in [0.2, 0.25) is 5.91 Å². The summed E-state index contributed by atoms with van der Waals surface area (Å²) in [6.07, 6.45) is 1.61. The molecule has 0 aliphatic rings. The third kappa shape index (κ3) is 3.40. The first kappa shape index (κ1) is 14.2. The van der Waals surface area contributed by atoms with Crippen molar-refractivity contribution >= 4 is 5.91 Å². The molecule has 2 rings (SSSR count). The fourth-order valence-corrected chi connectivity index (χ4v) is 2.06. The van der Waals surface area contributed by atoms with Crippen LogP contribution in [-0.2, 0) is 4.79 Å². The molecule has 0 spiro atoms. The molecule has 0 aliphatic heterocycles. The van der Waals surface area contributed by atoms with Crippen molar-refractivity contribution < 1.29 is 9.18 Å². The molecular formula is C14H17FN4O. The van der Waals surface area contributed by atoms with Gasteiger partial charge < -0.3 is 5.32 Å². The zero-order valence-electron chi connectivity index (χ0n) is 11.4. The maximum absolute atomic E-state index is 13.6. The lowest BCUT2D eigenvalue weighted by Gasteiger charge is -2.15. The van der Waals surface area contributed by atoms with E-state index in [4.69, 9.17) is 0 Å². The molecule has 0 aliphatic carbocycles. The summed E-state index contributed by atoms with van der Waals surface area (Å²) in [5, 5.41) is 9.24. The monoisotopic (exact) mass is 276 g/mol. The van der Waals surface area contributed by atoms with Crippen molar-refractivity contribution in [3.63, 3.8) is 0 Å². The van der Waals surface area contributed by atoms with E-state index in [1.54, 1.807) is 18.2 Å². The van der Waals surface area contributed by atoms with Gasteiger partial charge in [-0.1, -0.05) is 25.1 Å². The molecule has 2 aromatic rings. The third-order valence-corrected chi connectivity index (χ3v) is 3.15. The molecule has 0 saturated heterocycles. The quantitative estimate of drug-likeness (QED) is 0.880. The van der Waals surface area contributed by atoms with Gasteiger partial charge in [-0.25, -0.2) is 9.37 Å². The van der Waals surface area contributed by atoms with Crippen LogP contribution in [0.2, 0.25) is 0 Å². The maximum Gasteiger partial charge on any atom is 0.221 e. The number of aromatic amines is 1. The average Bonchev–Trinajstić information content (AvgIpc) is 2.92. The van der Waals surface area contributed by atoms with Crippen molar-refractivity contribution in [2.45, 2.75) is 32.2 Å².